The molecule has 2 aromatic carbocycles. The maximum atomic E-state index is 13.5. The van der Waals surface area contributed by atoms with Crippen LogP contribution in [-0.4, -0.2) is 55.6 Å². The van der Waals surface area contributed by atoms with Gasteiger partial charge in [-0.15, -0.1) is 11.3 Å². The van der Waals surface area contributed by atoms with Gasteiger partial charge in [0.25, 0.3) is 0 Å². The summed E-state index contributed by atoms with van der Waals surface area (Å²) in [5, 5.41) is 4.94. The number of anilines is 1. The van der Waals surface area contributed by atoms with Crippen molar-refractivity contribution in [2.45, 2.75) is 33.2 Å². The molecule has 0 aliphatic rings. The van der Waals surface area contributed by atoms with Crippen LogP contribution in [-0.2, 0) is 17.8 Å². The van der Waals surface area contributed by atoms with E-state index in [2.05, 4.69) is 5.32 Å². The van der Waals surface area contributed by atoms with Gasteiger partial charge in [-0.1, -0.05) is 31.2 Å². The van der Waals surface area contributed by atoms with Gasteiger partial charge in [-0.2, -0.15) is 0 Å². The van der Waals surface area contributed by atoms with Crippen molar-refractivity contribution in [3.05, 3.63) is 76.0 Å². The molecule has 8 heteroatoms. The molecule has 1 heterocycles. The van der Waals surface area contributed by atoms with Crippen molar-refractivity contribution in [2.75, 3.05) is 39.2 Å². The third-order valence-corrected chi connectivity index (χ3v) is 6.64. The van der Waals surface area contributed by atoms with E-state index in [1.165, 1.54) is 0 Å². The summed E-state index contributed by atoms with van der Waals surface area (Å²) in [5.74, 6) is 1.24. The zero-order valence-corrected chi connectivity index (χ0v) is 22.3. The van der Waals surface area contributed by atoms with Gasteiger partial charge in [-0.05, 0) is 66.6 Å². The average Bonchev–Trinajstić information content (AvgIpc) is 3.39. The second-order valence-electron chi connectivity index (χ2n) is 8.56. The number of amides is 3. The molecule has 3 aromatic rings. The van der Waals surface area contributed by atoms with Gasteiger partial charge in [0.05, 0.1) is 20.8 Å². The number of aryl methyl sites for hydroxylation is 1. The largest absolute Gasteiger partial charge is 0.493 e. The molecule has 0 atom stereocenters. The summed E-state index contributed by atoms with van der Waals surface area (Å²) < 4.78 is 10.8. The Morgan fingerprint density at radius 1 is 0.944 bits per heavy atom. The Morgan fingerprint density at radius 3 is 2.42 bits per heavy atom. The number of urea groups is 1. The zero-order chi connectivity index (χ0) is 25.9. The molecule has 0 fully saturated rings. The summed E-state index contributed by atoms with van der Waals surface area (Å²) in [5.41, 5.74) is 2.82. The van der Waals surface area contributed by atoms with Crippen molar-refractivity contribution in [1.29, 1.82) is 0 Å². The van der Waals surface area contributed by atoms with Crippen molar-refractivity contribution in [3.63, 3.8) is 0 Å². The van der Waals surface area contributed by atoms with Crippen molar-refractivity contribution in [3.8, 4) is 11.5 Å². The highest BCUT2D eigenvalue weighted by Gasteiger charge is 2.22. The minimum Gasteiger partial charge on any atom is -0.493 e. The highest BCUT2D eigenvalue weighted by atomic mass is 32.1. The smallest absolute Gasteiger partial charge is 0.322 e. The van der Waals surface area contributed by atoms with E-state index in [0.29, 0.717) is 37.6 Å². The molecule has 0 saturated heterocycles. The van der Waals surface area contributed by atoms with Crippen LogP contribution in [0.4, 0.5) is 10.5 Å². The molecule has 0 unspecified atom stereocenters. The first-order valence-corrected chi connectivity index (χ1v) is 12.9. The summed E-state index contributed by atoms with van der Waals surface area (Å²) in [6.07, 6.45) is 1.41. The lowest BCUT2D eigenvalue weighted by Crippen LogP contribution is -2.45. The Kier molecular flexibility index (Phi) is 10.2. The molecule has 0 saturated carbocycles. The van der Waals surface area contributed by atoms with E-state index in [0.717, 1.165) is 28.1 Å². The molecule has 7 nitrogen and oxygen atoms in total. The van der Waals surface area contributed by atoms with Gasteiger partial charge >= 0.3 is 6.03 Å². The number of ether oxygens (including phenoxy) is 2. The Balaban J connectivity index is 1.71. The van der Waals surface area contributed by atoms with Gasteiger partial charge in [-0.25, -0.2) is 4.79 Å². The predicted octanol–water partition coefficient (Wildman–Crippen LogP) is 5.59. The molecule has 0 aliphatic carbocycles. The maximum Gasteiger partial charge on any atom is 0.322 e. The van der Waals surface area contributed by atoms with E-state index < -0.39 is 0 Å². The third kappa shape index (κ3) is 7.75. The Labute approximate surface area is 217 Å². The summed E-state index contributed by atoms with van der Waals surface area (Å²) in [7, 11) is 3.22. The van der Waals surface area contributed by atoms with E-state index in [1.54, 1.807) is 30.5 Å². The minimum atomic E-state index is -0.272. The second kappa shape index (κ2) is 13.5. The van der Waals surface area contributed by atoms with E-state index in [-0.39, 0.29) is 18.5 Å². The quantitative estimate of drug-likeness (QED) is 0.346. The number of nitrogens with one attached hydrogen (secondary N) is 1. The fourth-order valence-electron chi connectivity index (χ4n) is 3.89. The van der Waals surface area contributed by atoms with Crippen LogP contribution < -0.4 is 14.8 Å². The van der Waals surface area contributed by atoms with E-state index in [4.69, 9.17) is 9.47 Å². The third-order valence-electron chi connectivity index (χ3n) is 5.77. The number of carbonyl (C=O) groups excluding carboxylic acids is 2. The molecule has 0 radical (unpaired) electrons. The van der Waals surface area contributed by atoms with Crippen molar-refractivity contribution in [1.82, 2.24) is 9.80 Å². The lowest BCUT2D eigenvalue weighted by atomic mass is 10.1. The van der Waals surface area contributed by atoms with Crippen LogP contribution in [0.3, 0.4) is 0 Å². The number of nitrogens with zero attached hydrogens (tertiary/aromatic N) is 2. The molecular weight excluding hydrogens is 474 g/mol. The van der Waals surface area contributed by atoms with Gasteiger partial charge in [0.2, 0.25) is 5.91 Å². The molecule has 36 heavy (non-hydrogen) atoms. The monoisotopic (exact) mass is 509 g/mol. The van der Waals surface area contributed by atoms with Crippen LogP contribution in [0, 0.1) is 6.92 Å². The standard InChI is InChI=1S/C28H35N3O4S/c1-5-14-31(28(33)29-23-9-6-8-21(2)17-23)20-27(32)30(19-24-10-7-16-36-24)15-13-22-11-12-25(34-3)26(18-22)35-4/h6-12,16-18H,5,13-15,19-20H2,1-4H3,(H,29,33). The normalized spacial score (nSPS) is 10.6. The number of hydrogen-bond acceptors (Lipinski definition) is 5. The predicted molar refractivity (Wildman–Crippen MR) is 145 cm³/mol. The first-order chi connectivity index (χ1) is 17.4. The molecule has 3 amide bonds. The first-order valence-electron chi connectivity index (χ1n) is 12.1. The van der Waals surface area contributed by atoms with Crippen molar-refractivity contribution < 1.29 is 19.1 Å². The summed E-state index contributed by atoms with van der Waals surface area (Å²) in [4.78, 5) is 31.0. The molecule has 0 aliphatic heterocycles. The van der Waals surface area contributed by atoms with Gasteiger partial charge in [0, 0.05) is 23.7 Å². The molecular formula is C28H35N3O4S. The summed E-state index contributed by atoms with van der Waals surface area (Å²) >= 11 is 1.62. The number of benzene rings is 2. The number of carbonyl (C=O) groups is 2. The lowest BCUT2D eigenvalue weighted by Gasteiger charge is -2.27. The van der Waals surface area contributed by atoms with Crippen LogP contribution in [0.1, 0.15) is 29.3 Å². The lowest BCUT2D eigenvalue weighted by molar-refractivity contribution is -0.132. The fraction of sp³-hybridized carbons (Fsp3) is 0.357. The molecule has 3 rings (SSSR count). The van der Waals surface area contributed by atoms with Gasteiger partial charge < -0.3 is 24.6 Å². The van der Waals surface area contributed by atoms with Crippen molar-refractivity contribution >= 4 is 29.0 Å². The fourth-order valence-corrected chi connectivity index (χ4v) is 4.61. The Hall–Kier alpha value is -3.52. The number of rotatable bonds is 12. The maximum absolute atomic E-state index is 13.5. The van der Waals surface area contributed by atoms with Crippen LogP contribution >= 0.6 is 11.3 Å². The van der Waals surface area contributed by atoms with E-state index >= 15 is 0 Å². The molecule has 192 valence electrons. The minimum absolute atomic E-state index is 0.0167. The van der Waals surface area contributed by atoms with Crippen molar-refractivity contribution in [2.24, 2.45) is 0 Å². The molecule has 1 aromatic heterocycles. The topological polar surface area (TPSA) is 71.1 Å². The van der Waals surface area contributed by atoms with E-state index in [1.807, 2.05) is 78.7 Å². The second-order valence-corrected chi connectivity index (χ2v) is 9.59. The Morgan fingerprint density at radius 2 is 1.75 bits per heavy atom. The van der Waals surface area contributed by atoms with Gasteiger partial charge in [0.1, 0.15) is 6.54 Å². The van der Waals surface area contributed by atoms with Gasteiger partial charge in [0.15, 0.2) is 11.5 Å². The average molecular weight is 510 g/mol. The Bertz CT molecular complexity index is 1130. The SMILES string of the molecule is CCCN(CC(=O)N(CCc1ccc(OC)c(OC)c1)Cc1cccs1)C(=O)Nc1cccc(C)c1. The molecule has 0 spiro atoms. The highest BCUT2D eigenvalue weighted by Crippen LogP contribution is 2.28. The molecule has 0 bridgehead atoms. The first kappa shape index (κ1) is 27.1. The molecule has 1 N–H and O–H groups in total. The van der Waals surface area contributed by atoms with Crippen LogP contribution in [0.25, 0.3) is 0 Å². The highest BCUT2D eigenvalue weighted by molar-refractivity contribution is 7.09. The summed E-state index contributed by atoms with van der Waals surface area (Å²) in [6.45, 7) is 5.51. The van der Waals surface area contributed by atoms with Crippen LogP contribution in [0.5, 0.6) is 11.5 Å². The zero-order valence-electron chi connectivity index (χ0n) is 21.5. The van der Waals surface area contributed by atoms with Gasteiger partial charge in [-0.3, -0.25) is 4.79 Å². The van der Waals surface area contributed by atoms with E-state index in [9.17, 15) is 9.59 Å². The number of methoxy groups -OCH3 is 2. The number of thiophene rings is 1. The van der Waals surface area contributed by atoms with Crippen LogP contribution in [0.2, 0.25) is 0 Å². The number of hydrogen-bond donors (Lipinski definition) is 1. The van der Waals surface area contributed by atoms with Crippen LogP contribution in [0.15, 0.2) is 60.0 Å². The summed E-state index contributed by atoms with van der Waals surface area (Å²) in [6, 6.07) is 17.2.